The van der Waals surface area contributed by atoms with E-state index in [4.69, 9.17) is 4.42 Å². The Balaban J connectivity index is 1.82. The molecular weight excluding hydrogens is 240 g/mol. The molecule has 1 amide bonds. The number of hydrogen-bond acceptors (Lipinski definition) is 3. The number of amides is 1. The molecule has 1 fully saturated rings. The molecule has 1 aromatic heterocycles. The van der Waals surface area contributed by atoms with Gasteiger partial charge in [0, 0.05) is 12.0 Å². The fourth-order valence-corrected chi connectivity index (χ4v) is 2.88. The minimum absolute atomic E-state index is 0.00140. The molecule has 1 aromatic rings. The second kappa shape index (κ2) is 6.24. The molecule has 106 valence electrons. The van der Waals surface area contributed by atoms with Crippen molar-refractivity contribution in [2.45, 2.75) is 57.5 Å². The van der Waals surface area contributed by atoms with Crippen molar-refractivity contribution in [2.75, 3.05) is 7.05 Å². The predicted octanol–water partition coefficient (Wildman–Crippen LogP) is 2.52. The quantitative estimate of drug-likeness (QED) is 0.859. The van der Waals surface area contributed by atoms with Gasteiger partial charge in [-0.2, -0.15) is 0 Å². The van der Waals surface area contributed by atoms with Gasteiger partial charge in [0.1, 0.15) is 11.5 Å². The third kappa shape index (κ3) is 3.83. The van der Waals surface area contributed by atoms with Crippen LogP contribution in [0.4, 0.5) is 0 Å². The second-order valence-electron chi connectivity index (χ2n) is 5.56. The van der Waals surface area contributed by atoms with Crippen LogP contribution in [0.3, 0.4) is 0 Å². The van der Waals surface area contributed by atoms with E-state index in [1.165, 1.54) is 19.3 Å². The van der Waals surface area contributed by atoms with Crippen molar-refractivity contribution in [1.29, 1.82) is 0 Å². The number of furan rings is 1. The van der Waals surface area contributed by atoms with Gasteiger partial charge in [-0.1, -0.05) is 19.3 Å². The Kier molecular flexibility index (Phi) is 4.64. The Morgan fingerprint density at radius 1 is 1.32 bits per heavy atom. The second-order valence-corrected chi connectivity index (χ2v) is 5.56. The number of aryl methyl sites for hydroxylation is 1. The summed E-state index contributed by atoms with van der Waals surface area (Å²) in [6.07, 6.45) is 6.46. The summed E-state index contributed by atoms with van der Waals surface area (Å²) in [5, 5.41) is 6.31. The van der Waals surface area contributed by atoms with E-state index in [1.54, 1.807) is 0 Å². The van der Waals surface area contributed by atoms with Crippen LogP contribution in [-0.4, -0.2) is 18.5 Å². The van der Waals surface area contributed by atoms with Crippen molar-refractivity contribution >= 4 is 5.91 Å². The Morgan fingerprint density at radius 2 is 2.05 bits per heavy atom. The van der Waals surface area contributed by atoms with Crippen LogP contribution in [0.2, 0.25) is 0 Å². The Hall–Kier alpha value is -1.29. The highest BCUT2D eigenvalue weighted by atomic mass is 16.3. The highest BCUT2D eigenvalue weighted by Crippen LogP contribution is 2.30. The third-order valence-corrected chi connectivity index (χ3v) is 4.10. The summed E-state index contributed by atoms with van der Waals surface area (Å²) in [5.41, 5.74) is 0.00140. The van der Waals surface area contributed by atoms with Crippen molar-refractivity contribution in [3.63, 3.8) is 0 Å². The first-order valence-electron chi connectivity index (χ1n) is 7.14. The van der Waals surface area contributed by atoms with Crippen LogP contribution in [0.1, 0.15) is 50.0 Å². The minimum atomic E-state index is 0.00140. The summed E-state index contributed by atoms with van der Waals surface area (Å²) in [7, 11) is 1.97. The van der Waals surface area contributed by atoms with E-state index < -0.39 is 0 Å². The van der Waals surface area contributed by atoms with Crippen LogP contribution < -0.4 is 10.6 Å². The van der Waals surface area contributed by atoms with E-state index in [2.05, 4.69) is 10.6 Å². The zero-order valence-corrected chi connectivity index (χ0v) is 11.9. The molecule has 1 aliphatic carbocycles. The van der Waals surface area contributed by atoms with Crippen LogP contribution in [0.15, 0.2) is 16.5 Å². The van der Waals surface area contributed by atoms with Crippen molar-refractivity contribution in [3.8, 4) is 0 Å². The van der Waals surface area contributed by atoms with Crippen molar-refractivity contribution in [3.05, 3.63) is 23.7 Å². The van der Waals surface area contributed by atoms with Gasteiger partial charge in [0.15, 0.2) is 0 Å². The lowest BCUT2D eigenvalue weighted by molar-refractivity contribution is -0.123. The minimum Gasteiger partial charge on any atom is -0.465 e. The van der Waals surface area contributed by atoms with Gasteiger partial charge in [-0.15, -0.1) is 0 Å². The normalized spacial score (nSPS) is 18.2. The standard InChI is InChI=1S/C15H24N2O2/c1-12-6-7-13(19-12)11-17-14(18)10-15(16-2)8-4-3-5-9-15/h6-7,16H,3-5,8-11H2,1-2H3,(H,17,18). The number of rotatable bonds is 5. The van der Waals surface area contributed by atoms with E-state index in [-0.39, 0.29) is 11.4 Å². The zero-order chi connectivity index (χ0) is 13.7. The van der Waals surface area contributed by atoms with E-state index in [9.17, 15) is 4.79 Å². The molecule has 1 heterocycles. The smallest absolute Gasteiger partial charge is 0.222 e. The van der Waals surface area contributed by atoms with Crippen LogP contribution in [0.5, 0.6) is 0 Å². The molecule has 4 heteroatoms. The summed E-state index contributed by atoms with van der Waals surface area (Å²) in [6.45, 7) is 2.38. The molecule has 0 spiro atoms. The van der Waals surface area contributed by atoms with Crippen LogP contribution in [-0.2, 0) is 11.3 Å². The summed E-state index contributed by atoms with van der Waals surface area (Å²) < 4.78 is 5.45. The Labute approximate surface area is 114 Å². The average molecular weight is 264 g/mol. The van der Waals surface area contributed by atoms with Gasteiger partial charge in [-0.05, 0) is 38.9 Å². The highest BCUT2D eigenvalue weighted by Gasteiger charge is 2.32. The first-order valence-corrected chi connectivity index (χ1v) is 7.14. The molecule has 0 saturated heterocycles. The van der Waals surface area contributed by atoms with Gasteiger partial charge in [-0.3, -0.25) is 4.79 Å². The van der Waals surface area contributed by atoms with Crippen molar-refractivity contribution < 1.29 is 9.21 Å². The molecule has 0 atom stereocenters. The summed E-state index contributed by atoms with van der Waals surface area (Å²) in [6, 6.07) is 3.82. The molecule has 0 radical (unpaired) electrons. The lowest BCUT2D eigenvalue weighted by atomic mass is 9.79. The molecule has 0 bridgehead atoms. The van der Waals surface area contributed by atoms with Crippen LogP contribution >= 0.6 is 0 Å². The van der Waals surface area contributed by atoms with Gasteiger partial charge in [0.2, 0.25) is 5.91 Å². The number of carbonyl (C=O) groups is 1. The topological polar surface area (TPSA) is 54.3 Å². The maximum absolute atomic E-state index is 12.1. The average Bonchev–Trinajstić information content (AvgIpc) is 2.83. The predicted molar refractivity (Wildman–Crippen MR) is 74.8 cm³/mol. The van der Waals surface area contributed by atoms with Crippen LogP contribution in [0, 0.1) is 6.92 Å². The Bertz CT molecular complexity index is 420. The number of carbonyl (C=O) groups excluding carboxylic acids is 1. The van der Waals surface area contributed by atoms with Gasteiger partial charge < -0.3 is 15.1 Å². The van der Waals surface area contributed by atoms with Crippen molar-refractivity contribution in [2.24, 2.45) is 0 Å². The van der Waals surface area contributed by atoms with Crippen molar-refractivity contribution in [1.82, 2.24) is 10.6 Å². The zero-order valence-electron chi connectivity index (χ0n) is 11.9. The van der Waals surface area contributed by atoms with E-state index >= 15 is 0 Å². The van der Waals surface area contributed by atoms with E-state index in [0.717, 1.165) is 24.4 Å². The SMILES string of the molecule is CNC1(CC(=O)NCc2ccc(C)o2)CCCCC1. The maximum atomic E-state index is 12.1. The molecule has 0 unspecified atom stereocenters. The largest absolute Gasteiger partial charge is 0.465 e. The van der Waals surface area contributed by atoms with Gasteiger partial charge in [0.05, 0.1) is 6.54 Å². The number of nitrogens with one attached hydrogen (secondary N) is 2. The molecular formula is C15H24N2O2. The van der Waals surface area contributed by atoms with E-state index in [0.29, 0.717) is 13.0 Å². The lowest BCUT2D eigenvalue weighted by Gasteiger charge is -2.36. The monoisotopic (exact) mass is 264 g/mol. The molecule has 2 rings (SSSR count). The first kappa shape index (κ1) is 14.1. The van der Waals surface area contributed by atoms with E-state index in [1.807, 2.05) is 26.1 Å². The fourth-order valence-electron chi connectivity index (χ4n) is 2.88. The molecule has 1 aliphatic rings. The van der Waals surface area contributed by atoms with Gasteiger partial charge in [0.25, 0.3) is 0 Å². The molecule has 19 heavy (non-hydrogen) atoms. The van der Waals surface area contributed by atoms with Gasteiger partial charge >= 0.3 is 0 Å². The number of hydrogen-bond donors (Lipinski definition) is 2. The first-order chi connectivity index (χ1) is 9.13. The van der Waals surface area contributed by atoms with Gasteiger partial charge in [-0.25, -0.2) is 0 Å². The molecule has 0 aromatic carbocycles. The van der Waals surface area contributed by atoms with Crippen LogP contribution in [0.25, 0.3) is 0 Å². The summed E-state index contributed by atoms with van der Waals surface area (Å²) in [5.74, 6) is 1.79. The highest BCUT2D eigenvalue weighted by molar-refractivity contribution is 5.77. The molecule has 4 nitrogen and oxygen atoms in total. The maximum Gasteiger partial charge on any atom is 0.222 e. The molecule has 1 saturated carbocycles. The third-order valence-electron chi connectivity index (χ3n) is 4.10. The fraction of sp³-hybridized carbons (Fsp3) is 0.667. The Morgan fingerprint density at radius 3 is 2.63 bits per heavy atom. The lowest BCUT2D eigenvalue weighted by Crippen LogP contribution is -2.48. The summed E-state index contributed by atoms with van der Waals surface area (Å²) >= 11 is 0. The summed E-state index contributed by atoms with van der Waals surface area (Å²) in [4.78, 5) is 12.1. The molecule has 0 aliphatic heterocycles. The molecule has 2 N–H and O–H groups in total.